The van der Waals surface area contributed by atoms with Crippen LogP contribution in [0.3, 0.4) is 0 Å². The molecule has 0 aliphatic carbocycles. The Hall–Kier alpha value is -1.55. The Labute approximate surface area is 89.1 Å². The summed E-state index contributed by atoms with van der Waals surface area (Å²) in [6.07, 6.45) is 1.24. The fourth-order valence-electron chi connectivity index (χ4n) is 1.23. The summed E-state index contributed by atoms with van der Waals surface area (Å²) in [7, 11) is 0. The van der Waals surface area contributed by atoms with E-state index < -0.39 is 0 Å². The molecule has 1 aromatic carbocycles. The molecule has 0 saturated carbocycles. The van der Waals surface area contributed by atoms with Crippen molar-refractivity contribution in [1.29, 1.82) is 0 Å². The molecule has 0 aliphatic heterocycles. The van der Waals surface area contributed by atoms with Crippen LogP contribution >= 0.6 is 0 Å². The molecule has 82 valence electrons. The molecule has 15 heavy (non-hydrogen) atoms. The molecule has 0 radical (unpaired) electrons. The van der Waals surface area contributed by atoms with Crippen molar-refractivity contribution in [3.05, 3.63) is 29.8 Å². The van der Waals surface area contributed by atoms with E-state index in [1.165, 1.54) is 0 Å². The minimum Gasteiger partial charge on any atom is -0.508 e. The number of hydrogen-bond donors (Lipinski definition) is 3. The minimum absolute atomic E-state index is 0.278. The SMILES string of the molecule is NC(=O)CCNCCc1ccc(O)cc1. The summed E-state index contributed by atoms with van der Waals surface area (Å²) in [5, 5.41) is 12.2. The third-order valence-corrected chi connectivity index (χ3v) is 2.07. The first-order chi connectivity index (χ1) is 7.18. The van der Waals surface area contributed by atoms with Crippen LogP contribution in [0.1, 0.15) is 12.0 Å². The normalized spacial score (nSPS) is 10.1. The van der Waals surface area contributed by atoms with Gasteiger partial charge in [0, 0.05) is 13.0 Å². The third-order valence-electron chi connectivity index (χ3n) is 2.07. The van der Waals surface area contributed by atoms with E-state index in [9.17, 15) is 4.79 Å². The molecule has 0 unspecified atom stereocenters. The van der Waals surface area contributed by atoms with E-state index in [1.54, 1.807) is 12.1 Å². The maximum Gasteiger partial charge on any atom is 0.218 e. The van der Waals surface area contributed by atoms with Gasteiger partial charge in [0.05, 0.1) is 0 Å². The van der Waals surface area contributed by atoms with Gasteiger partial charge in [-0.3, -0.25) is 4.79 Å². The van der Waals surface area contributed by atoms with Gasteiger partial charge in [0.25, 0.3) is 0 Å². The van der Waals surface area contributed by atoms with E-state index in [1.807, 2.05) is 12.1 Å². The number of phenols is 1. The van der Waals surface area contributed by atoms with Crippen molar-refractivity contribution in [1.82, 2.24) is 5.32 Å². The highest BCUT2D eigenvalue weighted by Gasteiger charge is 1.95. The highest BCUT2D eigenvalue weighted by atomic mass is 16.3. The van der Waals surface area contributed by atoms with Crippen LogP contribution in [-0.4, -0.2) is 24.1 Å². The van der Waals surface area contributed by atoms with E-state index in [0.717, 1.165) is 18.5 Å². The van der Waals surface area contributed by atoms with Crippen LogP contribution in [0.4, 0.5) is 0 Å². The largest absolute Gasteiger partial charge is 0.508 e. The van der Waals surface area contributed by atoms with Gasteiger partial charge in [-0.2, -0.15) is 0 Å². The summed E-state index contributed by atoms with van der Waals surface area (Å²) in [5.74, 6) is -0.00688. The van der Waals surface area contributed by atoms with Crippen molar-refractivity contribution in [3.63, 3.8) is 0 Å². The van der Waals surface area contributed by atoms with Crippen molar-refractivity contribution >= 4 is 5.91 Å². The number of primary amides is 1. The van der Waals surface area contributed by atoms with Gasteiger partial charge in [-0.1, -0.05) is 12.1 Å². The number of hydrogen-bond acceptors (Lipinski definition) is 3. The van der Waals surface area contributed by atoms with Crippen molar-refractivity contribution in [3.8, 4) is 5.75 Å². The van der Waals surface area contributed by atoms with Gasteiger partial charge in [-0.25, -0.2) is 0 Å². The van der Waals surface area contributed by atoms with Crippen LogP contribution < -0.4 is 11.1 Å². The third kappa shape index (κ3) is 5.02. The van der Waals surface area contributed by atoms with Gasteiger partial charge < -0.3 is 16.2 Å². The van der Waals surface area contributed by atoms with E-state index >= 15 is 0 Å². The van der Waals surface area contributed by atoms with Crippen LogP contribution in [0, 0.1) is 0 Å². The molecule has 4 heteroatoms. The number of rotatable bonds is 6. The number of phenolic OH excluding ortho intramolecular Hbond substituents is 1. The fraction of sp³-hybridized carbons (Fsp3) is 0.364. The summed E-state index contributed by atoms with van der Waals surface area (Å²) >= 11 is 0. The smallest absolute Gasteiger partial charge is 0.218 e. The number of nitrogens with two attached hydrogens (primary N) is 1. The summed E-state index contributed by atoms with van der Waals surface area (Å²) < 4.78 is 0. The number of nitrogens with one attached hydrogen (secondary N) is 1. The molecule has 0 aliphatic rings. The lowest BCUT2D eigenvalue weighted by Gasteiger charge is -2.03. The topological polar surface area (TPSA) is 75.4 Å². The van der Waals surface area contributed by atoms with Gasteiger partial charge in [0.1, 0.15) is 5.75 Å². The molecule has 0 aromatic heterocycles. The quantitative estimate of drug-likeness (QED) is 0.592. The average Bonchev–Trinajstić information content (AvgIpc) is 2.20. The first-order valence-corrected chi connectivity index (χ1v) is 4.95. The lowest BCUT2D eigenvalue weighted by molar-refractivity contribution is -0.117. The van der Waals surface area contributed by atoms with Gasteiger partial charge in [0.2, 0.25) is 5.91 Å². The van der Waals surface area contributed by atoms with Gasteiger partial charge in [-0.05, 0) is 30.7 Å². The zero-order valence-electron chi connectivity index (χ0n) is 8.57. The van der Waals surface area contributed by atoms with Gasteiger partial charge in [0.15, 0.2) is 0 Å². The Morgan fingerprint density at radius 1 is 1.27 bits per heavy atom. The molecule has 1 amide bonds. The van der Waals surface area contributed by atoms with Crippen molar-refractivity contribution in [2.24, 2.45) is 5.73 Å². The lowest BCUT2D eigenvalue weighted by atomic mass is 10.1. The number of aromatic hydroxyl groups is 1. The minimum atomic E-state index is -0.285. The molecule has 0 atom stereocenters. The highest BCUT2D eigenvalue weighted by molar-refractivity contribution is 5.73. The van der Waals surface area contributed by atoms with Crippen molar-refractivity contribution < 1.29 is 9.90 Å². The van der Waals surface area contributed by atoms with Crippen molar-refractivity contribution in [2.45, 2.75) is 12.8 Å². The molecule has 0 saturated heterocycles. The summed E-state index contributed by atoms with van der Waals surface area (Å²) in [4.78, 5) is 10.4. The second-order valence-electron chi connectivity index (χ2n) is 3.38. The molecule has 0 spiro atoms. The second-order valence-corrected chi connectivity index (χ2v) is 3.38. The molecule has 0 heterocycles. The zero-order chi connectivity index (χ0) is 11.1. The van der Waals surface area contributed by atoms with Crippen LogP contribution in [0.5, 0.6) is 5.75 Å². The number of benzene rings is 1. The maximum absolute atomic E-state index is 10.4. The van der Waals surface area contributed by atoms with Crippen LogP contribution in [0.25, 0.3) is 0 Å². The van der Waals surface area contributed by atoms with E-state index in [2.05, 4.69) is 5.32 Å². The standard InChI is InChI=1S/C11H16N2O2/c12-11(15)6-8-13-7-5-9-1-3-10(14)4-2-9/h1-4,13-14H,5-8H2,(H2,12,15). The van der Waals surface area contributed by atoms with Gasteiger partial charge in [-0.15, -0.1) is 0 Å². The average molecular weight is 208 g/mol. The Balaban J connectivity index is 2.15. The molecular weight excluding hydrogens is 192 g/mol. The fourth-order valence-corrected chi connectivity index (χ4v) is 1.23. The van der Waals surface area contributed by atoms with Crippen LogP contribution in [0.2, 0.25) is 0 Å². The maximum atomic E-state index is 10.4. The lowest BCUT2D eigenvalue weighted by Crippen LogP contribution is -2.23. The first-order valence-electron chi connectivity index (χ1n) is 4.95. The molecule has 0 fully saturated rings. The molecule has 4 nitrogen and oxygen atoms in total. The van der Waals surface area contributed by atoms with Crippen LogP contribution in [-0.2, 0) is 11.2 Å². The molecule has 4 N–H and O–H groups in total. The Kier molecular flexibility index (Phi) is 4.63. The summed E-state index contributed by atoms with van der Waals surface area (Å²) in [6.45, 7) is 1.42. The van der Waals surface area contributed by atoms with E-state index in [0.29, 0.717) is 13.0 Å². The predicted octanol–water partition coefficient (Wildman–Crippen LogP) is 0.400. The van der Waals surface area contributed by atoms with Crippen LogP contribution in [0.15, 0.2) is 24.3 Å². The number of carbonyl (C=O) groups excluding carboxylic acids is 1. The Morgan fingerprint density at radius 2 is 1.93 bits per heavy atom. The first kappa shape index (κ1) is 11.5. The summed E-state index contributed by atoms with van der Waals surface area (Å²) in [6, 6.07) is 7.09. The molecule has 1 aromatic rings. The second kappa shape index (κ2) is 6.03. The molecule has 0 bridgehead atoms. The highest BCUT2D eigenvalue weighted by Crippen LogP contribution is 2.09. The molecule has 1 rings (SSSR count). The van der Waals surface area contributed by atoms with Crippen molar-refractivity contribution in [2.75, 3.05) is 13.1 Å². The van der Waals surface area contributed by atoms with Gasteiger partial charge >= 0.3 is 0 Å². The summed E-state index contributed by atoms with van der Waals surface area (Å²) in [5.41, 5.74) is 6.15. The zero-order valence-corrected chi connectivity index (χ0v) is 8.57. The Morgan fingerprint density at radius 3 is 2.53 bits per heavy atom. The molecular formula is C11H16N2O2. The predicted molar refractivity (Wildman–Crippen MR) is 58.5 cm³/mol. The van der Waals surface area contributed by atoms with E-state index in [4.69, 9.17) is 10.8 Å². The monoisotopic (exact) mass is 208 g/mol. The number of amides is 1. The van der Waals surface area contributed by atoms with E-state index in [-0.39, 0.29) is 11.7 Å². The Bertz CT molecular complexity index is 309. The number of carbonyl (C=O) groups is 1.